The van der Waals surface area contributed by atoms with E-state index in [0.29, 0.717) is 11.8 Å². The molecule has 0 saturated carbocycles. The molecule has 0 aliphatic rings. The molecular formula is C13H13F2P. The van der Waals surface area contributed by atoms with Gasteiger partial charge in [0.2, 0.25) is 0 Å². The monoisotopic (exact) mass is 238 g/mol. The quantitative estimate of drug-likeness (QED) is 0.667. The average molecular weight is 238 g/mol. The fourth-order valence-corrected chi connectivity index (χ4v) is 2.33. The maximum atomic E-state index is 13.8. The lowest BCUT2D eigenvalue weighted by atomic mass is 9.99. The van der Waals surface area contributed by atoms with E-state index in [4.69, 9.17) is 0 Å². The molecule has 2 rings (SSSR count). The third kappa shape index (κ3) is 1.72. The van der Waals surface area contributed by atoms with Gasteiger partial charge in [-0.3, -0.25) is 0 Å². The van der Waals surface area contributed by atoms with Gasteiger partial charge in [0, 0.05) is 10.7 Å². The molecule has 84 valence electrons. The van der Waals surface area contributed by atoms with E-state index in [-0.39, 0.29) is 5.30 Å². The zero-order valence-electron chi connectivity index (χ0n) is 9.27. The first kappa shape index (κ1) is 11.5. The molecule has 16 heavy (non-hydrogen) atoms. The van der Waals surface area contributed by atoms with Crippen molar-refractivity contribution in [3.05, 3.63) is 41.0 Å². The van der Waals surface area contributed by atoms with Crippen molar-refractivity contribution in [1.82, 2.24) is 0 Å². The molecule has 2 aromatic rings. The molecule has 0 amide bonds. The zero-order chi connectivity index (χ0) is 11.9. The summed E-state index contributed by atoms with van der Waals surface area (Å²) in [7, 11) is 2.23. The average Bonchev–Trinajstić information content (AvgIpc) is 2.24. The van der Waals surface area contributed by atoms with E-state index in [0.717, 1.165) is 16.5 Å². The molecule has 0 aliphatic heterocycles. The first-order chi connectivity index (χ1) is 7.54. The van der Waals surface area contributed by atoms with E-state index in [1.165, 1.54) is 0 Å². The van der Waals surface area contributed by atoms with Crippen molar-refractivity contribution in [2.45, 2.75) is 20.3 Å². The van der Waals surface area contributed by atoms with E-state index >= 15 is 0 Å². The molecule has 0 heterocycles. The predicted molar refractivity (Wildman–Crippen MR) is 67.3 cm³/mol. The normalized spacial score (nSPS) is 11.1. The molecule has 0 bridgehead atoms. The van der Waals surface area contributed by atoms with Crippen LogP contribution in [0.4, 0.5) is 8.78 Å². The minimum Gasteiger partial charge on any atom is -0.203 e. The summed E-state index contributed by atoms with van der Waals surface area (Å²) in [4.78, 5) is 0. The van der Waals surface area contributed by atoms with E-state index in [1.54, 1.807) is 6.07 Å². The van der Waals surface area contributed by atoms with Crippen molar-refractivity contribution in [2.24, 2.45) is 0 Å². The molecule has 1 atom stereocenters. The standard InChI is InChI=1S/C13H13F2P/c1-3-8-4-7(2)5-9-6-10(16)12(14)13(15)11(8)9/h4-6H,3,16H2,1-2H3. The van der Waals surface area contributed by atoms with E-state index in [9.17, 15) is 8.78 Å². The van der Waals surface area contributed by atoms with Gasteiger partial charge in [-0.2, -0.15) is 0 Å². The largest absolute Gasteiger partial charge is 0.203 e. The summed E-state index contributed by atoms with van der Waals surface area (Å²) in [6.07, 6.45) is 0.699. The summed E-state index contributed by atoms with van der Waals surface area (Å²) in [6, 6.07) is 5.46. The van der Waals surface area contributed by atoms with Crippen molar-refractivity contribution in [2.75, 3.05) is 0 Å². The number of hydrogen-bond acceptors (Lipinski definition) is 0. The highest BCUT2D eigenvalue weighted by molar-refractivity contribution is 7.27. The Hall–Kier alpha value is -1.01. The Bertz CT molecular complexity index is 562. The topological polar surface area (TPSA) is 0 Å². The minimum atomic E-state index is -0.768. The second-order valence-corrected chi connectivity index (χ2v) is 4.59. The van der Waals surface area contributed by atoms with Crippen LogP contribution in [0.5, 0.6) is 0 Å². The molecule has 0 fully saturated rings. The lowest BCUT2D eigenvalue weighted by molar-refractivity contribution is 0.522. The molecule has 0 aliphatic carbocycles. The molecule has 0 nitrogen and oxygen atoms in total. The van der Waals surface area contributed by atoms with Gasteiger partial charge in [0.1, 0.15) is 0 Å². The number of rotatable bonds is 1. The number of hydrogen-bond donors (Lipinski definition) is 0. The highest BCUT2D eigenvalue weighted by Crippen LogP contribution is 2.26. The van der Waals surface area contributed by atoms with Crippen LogP contribution in [0.3, 0.4) is 0 Å². The number of halogens is 2. The van der Waals surface area contributed by atoms with E-state index in [2.05, 4.69) is 9.24 Å². The summed E-state index contributed by atoms with van der Waals surface area (Å²) in [6.45, 7) is 3.91. The molecule has 0 N–H and O–H groups in total. The Morgan fingerprint density at radius 3 is 2.44 bits per heavy atom. The van der Waals surface area contributed by atoms with Crippen LogP contribution in [0.2, 0.25) is 0 Å². The second-order valence-electron chi connectivity index (χ2n) is 3.97. The SMILES string of the molecule is CCc1cc(C)cc2cc(P)c(F)c(F)c12. The van der Waals surface area contributed by atoms with Crippen LogP contribution in [-0.2, 0) is 6.42 Å². The number of benzene rings is 2. The first-order valence-corrected chi connectivity index (χ1v) is 5.79. The predicted octanol–water partition coefficient (Wildman–Crippen LogP) is 3.49. The van der Waals surface area contributed by atoms with Crippen LogP contribution >= 0.6 is 9.24 Å². The maximum Gasteiger partial charge on any atom is 0.167 e. The van der Waals surface area contributed by atoms with Gasteiger partial charge in [-0.1, -0.05) is 24.6 Å². The Kier molecular flexibility index (Phi) is 2.94. The summed E-state index contributed by atoms with van der Waals surface area (Å²) < 4.78 is 27.3. The van der Waals surface area contributed by atoms with Crippen molar-refractivity contribution in [3.63, 3.8) is 0 Å². The van der Waals surface area contributed by atoms with Crippen LogP contribution in [0.1, 0.15) is 18.1 Å². The number of aryl methyl sites for hydroxylation is 2. The van der Waals surface area contributed by atoms with E-state index in [1.807, 2.05) is 26.0 Å². The van der Waals surface area contributed by atoms with Gasteiger partial charge >= 0.3 is 0 Å². The van der Waals surface area contributed by atoms with Gasteiger partial charge < -0.3 is 0 Å². The van der Waals surface area contributed by atoms with Crippen LogP contribution in [0.15, 0.2) is 18.2 Å². The molecule has 2 aromatic carbocycles. The van der Waals surface area contributed by atoms with Crippen molar-refractivity contribution in [3.8, 4) is 0 Å². The molecule has 0 saturated heterocycles. The van der Waals surface area contributed by atoms with Crippen molar-refractivity contribution >= 4 is 25.3 Å². The molecule has 0 spiro atoms. The summed E-state index contributed by atoms with van der Waals surface area (Å²) >= 11 is 0. The molecule has 3 heteroatoms. The van der Waals surface area contributed by atoms with Gasteiger partial charge in [-0.25, -0.2) is 8.78 Å². The van der Waals surface area contributed by atoms with Crippen LogP contribution < -0.4 is 5.30 Å². The Morgan fingerprint density at radius 2 is 1.81 bits per heavy atom. The molecule has 0 radical (unpaired) electrons. The fraction of sp³-hybridized carbons (Fsp3) is 0.231. The van der Waals surface area contributed by atoms with Gasteiger partial charge in [-0.15, -0.1) is 9.24 Å². The second kappa shape index (κ2) is 4.10. The summed E-state index contributed by atoms with van der Waals surface area (Å²) in [5.41, 5.74) is 1.93. The summed E-state index contributed by atoms with van der Waals surface area (Å²) in [5, 5.41) is 1.45. The third-order valence-electron chi connectivity index (χ3n) is 2.75. The summed E-state index contributed by atoms with van der Waals surface area (Å²) in [5.74, 6) is -1.50. The molecule has 1 unspecified atom stereocenters. The maximum absolute atomic E-state index is 13.8. The lowest BCUT2D eigenvalue weighted by Crippen LogP contribution is -2.04. The lowest BCUT2D eigenvalue weighted by Gasteiger charge is -2.09. The van der Waals surface area contributed by atoms with Crippen LogP contribution in [0.25, 0.3) is 10.8 Å². The first-order valence-electron chi connectivity index (χ1n) is 5.21. The number of fused-ring (bicyclic) bond motifs is 1. The highest BCUT2D eigenvalue weighted by atomic mass is 31.0. The molecule has 0 aromatic heterocycles. The highest BCUT2D eigenvalue weighted by Gasteiger charge is 2.13. The van der Waals surface area contributed by atoms with Gasteiger partial charge in [-0.05, 0) is 30.4 Å². The van der Waals surface area contributed by atoms with Gasteiger partial charge in [0.15, 0.2) is 11.6 Å². The Balaban J connectivity index is 2.95. The Labute approximate surface area is 95.9 Å². The smallest absolute Gasteiger partial charge is 0.167 e. The minimum absolute atomic E-state index is 0.276. The van der Waals surface area contributed by atoms with Gasteiger partial charge in [0.05, 0.1) is 0 Å². The van der Waals surface area contributed by atoms with Crippen LogP contribution in [-0.4, -0.2) is 0 Å². The fourth-order valence-electron chi connectivity index (χ4n) is 2.02. The molecular weight excluding hydrogens is 225 g/mol. The van der Waals surface area contributed by atoms with Crippen LogP contribution in [0, 0.1) is 18.6 Å². The van der Waals surface area contributed by atoms with E-state index < -0.39 is 11.6 Å². The Morgan fingerprint density at radius 1 is 1.12 bits per heavy atom. The third-order valence-corrected chi connectivity index (χ3v) is 3.17. The van der Waals surface area contributed by atoms with Gasteiger partial charge in [0.25, 0.3) is 0 Å². The van der Waals surface area contributed by atoms with Crippen molar-refractivity contribution < 1.29 is 8.78 Å². The zero-order valence-corrected chi connectivity index (χ0v) is 10.4. The van der Waals surface area contributed by atoms with Crippen molar-refractivity contribution in [1.29, 1.82) is 0 Å².